The molecule has 41 heavy (non-hydrogen) atoms. The second kappa shape index (κ2) is 11.7. The first kappa shape index (κ1) is 28.9. The van der Waals surface area contributed by atoms with Crippen LogP contribution in [0.15, 0.2) is 72.4 Å². The number of allylic oxidation sites excluding steroid dienone is 1. The Kier molecular flexibility index (Phi) is 8.26. The standard InChI is InChI=1S/C30H26BrClN2O6S/c1-6-39-29(36)26-16(3)33-30-34(27(26)20-13-23(37-4)24(38-5)14-21(20)31)28(35)25(41-30)12-18-9-10-22(40-18)19-11-17(32)8-7-15(19)2/h7-14,27H,6H2,1-5H3/b25-12-/t27-/m0/s1. The van der Waals surface area contributed by atoms with Gasteiger partial charge in [-0.2, -0.15) is 0 Å². The number of methoxy groups -OCH3 is 2. The van der Waals surface area contributed by atoms with Crippen LogP contribution in [0.5, 0.6) is 11.5 Å². The lowest BCUT2D eigenvalue weighted by Gasteiger charge is -2.26. The van der Waals surface area contributed by atoms with E-state index in [2.05, 4.69) is 20.9 Å². The summed E-state index contributed by atoms with van der Waals surface area (Å²) < 4.78 is 25.0. The molecular formula is C30H26BrClN2O6S. The summed E-state index contributed by atoms with van der Waals surface area (Å²) in [4.78, 5) is 32.3. The van der Waals surface area contributed by atoms with Gasteiger partial charge in [-0.3, -0.25) is 9.36 Å². The number of halogens is 2. The first-order valence-corrected chi connectivity index (χ1v) is 14.6. The van der Waals surface area contributed by atoms with Crippen LogP contribution in [-0.4, -0.2) is 31.4 Å². The first-order valence-electron chi connectivity index (χ1n) is 12.6. The van der Waals surface area contributed by atoms with Gasteiger partial charge in [0, 0.05) is 21.1 Å². The Bertz CT molecular complexity index is 1890. The maximum Gasteiger partial charge on any atom is 0.338 e. The van der Waals surface area contributed by atoms with Gasteiger partial charge in [-0.1, -0.05) is 44.9 Å². The van der Waals surface area contributed by atoms with Crippen LogP contribution in [0, 0.1) is 6.92 Å². The van der Waals surface area contributed by atoms with E-state index < -0.39 is 12.0 Å². The number of furan rings is 1. The number of carbonyl (C=O) groups excluding carboxylic acids is 1. The van der Waals surface area contributed by atoms with E-state index in [1.165, 1.54) is 30.1 Å². The van der Waals surface area contributed by atoms with Crippen LogP contribution in [0.1, 0.15) is 36.8 Å². The molecule has 0 saturated heterocycles. The van der Waals surface area contributed by atoms with E-state index in [1.807, 2.05) is 31.2 Å². The fourth-order valence-corrected chi connectivity index (χ4v) is 6.47. The lowest BCUT2D eigenvalue weighted by atomic mass is 9.95. The number of carbonyl (C=O) groups is 1. The normalized spacial score (nSPS) is 15.0. The van der Waals surface area contributed by atoms with Crippen molar-refractivity contribution in [3.63, 3.8) is 0 Å². The SMILES string of the molecule is CCOC(=O)C1=C(C)N=c2s/c(=C\c3ccc(-c4cc(Cl)ccc4C)o3)c(=O)n2[C@H]1c1cc(OC)c(OC)cc1Br. The maximum atomic E-state index is 14.0. The molecule has 0 spiro atoms. The molecule has 1 atom stereocenters. The molecule has 0 amide bonds. The molecule has 2 aromatic carbocycles. The van der Waals surface area contributed by atoms with E-state index in [0.29, 0.717) is 53.1 Å². The van der Waals surface area contributed by atoms with E-state index in [0.717, 1.165) is 11.1 Å². The van der Waals surface area contributed by atoms with Crippen LogP contribution in [0.25, 0.3) is 17.4 Å². The lowest BCUT2D eigenvalue weighted by molar-refractivity contribution is -0.139. The Labute approximate surface area is 253 Å². The minimum absolute atomic E-state index is 0.173. The summed E-state index contributed by atoms with van der Waals surface area (Å²) in [6.45, 7) is 5.61. The molecule has 2 aromatic heterocycles. The van der Waals surface area contributed by atoms with E-state index in [1.54, 1.807) is 38.1 Å². The Balaban J connectivity index is 1.69. The highest BCUT2D eigenvalue weighted by Gasteiger charge is 2.35. The number of fused-ring (bicyclic) bond motifs is 1. The second-order valence-electron chi connectivity index (χ2n) is 9.19. The zero-order chi connectivity index (χ0) is 29.4. The van der Waals surface area contributed by atoms with Gasteiger partial charge in [0.25, 0.3) is 5.56 Å². The van der Waals surface area contributed by atoms with Crippen LogP contribution >= 0.6 is 38.9 Å². The fraction of sp³-hybridized carbons (Fsp3) is 0.233. The average Bonchev–Trinajstić information content (AvgIpc) is 3.53. The van der Waals surface area contributed by atoms with E-state index in [4.69, 9.17) is 30.2 Å². The molecule has 212 valence electrons. The Morgan fingerprint density at radius 1 is 1.15 bits per heavy atom. The molecule has 4 aromatic rings. The molecule has 0 unspecified atom stereocenters. The third kappa shape index (κ3) is 5.39. The lowest BCUT2D eigenvalue weighted by Crippen LogP contribution is -2.40. The van der Waals surface area contributed by atoms with Crippen LogP contribution in [0.3, 0.4) is 0 Å². The molecule has 5 rings (SSSR count). The topological polar surface area (TPSA) is 92.3 Å². The Hall–Kier alpha value is -3.60. The van der Waals surface area contributed by atoms with Gasteiger partial charge in [0.15, 0.2) is 16.3 Å². The quantitative estimate of drug-likeness (QED) is 0.234. The highest BCUT2D eigenvalue weighted by atomic mass is 79.9. The largest absolute Gasteiger partial charge is 0.493 e. The zero-order valence-corrected chi connectivity index (χ0v) is 26.1. The Morgan fingerprint density at radius 2 is 1.88 bits per heavy atom. The van der Waals surface area contributed by atoms with E-state index in [9.17, 15) is 9.59 Å². The predicted octanol–water partition coefficient (Wildman–Crippen LogP) is 5.80. The van der Waals surface area contributed by atoms with E-state index in [-0.39, 0.29) is 17.7 Å². The van der Waals surface area contributed by atoms with Crippen molar-refractivity contribution in [2.75, 3.05) is 20.8 Å². The van der Waals surface area contributed by atoms with Crippen molar-refractivity contribution in [3.05, 3.63) is 99.8 Å². The first-order chi connectivity index (χ1) is 19.7. The molecule has 1 aliphatic heterocycles. The maximum absolute atomic E-state index is 14.0. The number of thiazole rings is 1. The van der Waals surface area contributed by atoms with Crippen molar-refractivity contribution in [3.8, 4) is 22.8 Å². The van der Waals surface area contributed by atoms with Crippen LogP contribution in [0.2, 0.25) is 5.02 Å². The van der Waals surface area contributed by atoms with Gasteiger partial charge in [-0.25, -0.2) is 9.79 Å². The van der Waals surface area contributed by atoms with Gasteiger partial charge in [0.05, 0.1) is 42.7 Å². The summed E-state index contributed by atoms with van der Waals surface area (Å²) in [6.07, 6.45) is 1.68. The number of ether oxygens (including phenoxy) is 3. The summed E-state index contributed by atoms with van der Waals surface area (Å²) in [5, 5.41) is 0.603. The summed E-state index contributed by atoms with van der Waals surface area (Å²) in [5.41, 5.74) is 2.88. The summed E-state index contributed by atoms with van der Waals surface area (Å²) in [5.74, 6) is 1.52. The molecule has 0 bridgehead atoms. The summed E-state index contributed by atoms with van der Waals surface area (Å²) in [7, 11) is 3.06. The van der Waals surface area contributed by atoms with E-state index >= 15 is 0 Å². The average molecular weight is 658 g/mol. The number of aryl methyl sites for hydroxylation is 1. The summed E-state index contributed by atoms with van der Waals surface area (Å²) in [6, 6.07) is 11.9. The van der Waals surface area contributed by atoms with Crippen molar-refractivity contribution < 1.29 is 23.4 Å². The van der Waals surface area contributed by atoms with Crippen LogP contribution in [-0.2, 0) is 9.53 Å². The number of nitrogens with zero attached hydrogens (tertiary/aromatic N) is 2. The van der Waals surface area contributed by atoms with Crippen molar-refractivity contribution in [1.82, 2.24) is 4.57 Å². The number of hydrogen-bond acceptors (Lipinski definition) is 8. The van der Waals surface area contributed by atoms with Gasteiger partial charge >= 0.3 is 5.97 Å². The smallest absolute Gasteiger partial charge is 0.338 e. The number of rotatable bonds is 7. The number of benzene rings is 2. The molecule has 0 saturated carbocycles. The molecule has 11 heteroatoms. The minimum atomic E-state index is -0.831. The molecule has 0 fully saturated rings. The number of aromatic nitrogens is 1. The van der Waals surface area contributed by atoms with Crippen molar-refractivity contribution >= 4 is 50.9 Å². The second-order valence-corrected chi connectivity index (χ2v) is 11.5. The molecule has 1 aliphatic rings. The highest BCUT2D eigenvalue weighted by Crippen LogP contribution is 2.40. The molecule has 0 N–H and O–H groups in total. The number of esters is 1. The third-order valence-electron chi connectivity index (χ3n) is 6.68. The van der Waals surface area contributed by atoms with Crippen molar-refractivity contribution in [2.45, 2.75) is 26.8 Å². The van der Waals surface area contributed by atoms with Crippen molar-refractivity contribution in [1.29, 1.82) is 0 Å². The van der Waals surface area contributed by atoms with Crippen molar-refractivity contribution in [2.24, 2.45) is 4.99 Å². The van der Waals surface area contributed by atoms with Gasteiger partial charge in [0.2, 0.25) is 0 Å². The zero-order valence-electron chi connectivity index (χ0n) is 22.9. The molecule has 0 radical (unpaired) electrons. The summed E-state index contributed by atoms with van der Waals surface area (Å²) >= 11 is 11.0. The van der Waals surface area contributed by atoms with Gasteiger partial charge < -0.3 is 18.6 Å². The van der Waals surface area contributed by atoms with Gasteiger partial charge in [-0.05, 0) is 68.3 Å². The minimum Gasteiger partial charge on any atom is -0.493 e. The Morgan fingerprint density at radius 3 is 2.59 bits per heavy atom. The van der Waals surface area contributed by atoms with Gasteiger partial charge in [0.1, 0.15) is 11.5 Å². The predicted molar refractivity (Wildman–Crippen MR) is 162 cm³/mol. The molecular weight excluding hydrogens is 632 g/mol. The molecule has 0 aliphatic carbocycles. The third-order valence-corrected chi connectivity index (χ3v) is 8.58. The van der Waals surface area contributed by atoms with Crippen LogP contribution < -0.4 is 24.4 Å². The number of hydrogen-bond donors (Lipinski definition) is 0. The monoisotopic (exact) mass is 656 g/mol. The molecule has 8 nitrogen and oxygen atoms in total. The van der Waals surface area contributed by atoms with Gasteiger partial charge in [-0.15, -0.1) is 0 Å². The fourth-order valence-electron chi connectivity index (χ4n) is 4.73. The van der Waals surface area contributed by atoms with Crippen LogP contribution in [0.4, 0.5) is 0 Å². The molecule has 3 heterocycles. The highest BCUT2D eigenvalue weighted by molar-refractivity contribution is 9.10.